The maximum Gasteiger partial charge on any atom is 0.260 e. The fourth-order valence-electron chi connectivity index (χ4n) is 3.63. The predicted molar refractivity (Wildman–Crippen MR) is 137 cm³/mol. The second-order valence-corrected chi connectivity index (χ2v) is 7.95. The Balaban J connectivity index is 1.32. The van der Waals surface area contributed by atoms with Gasteiger partial charge in [-0.25, -0.2) is 0 Å². The van der Waals surface area contributed by atoms with Gasteiger partial charge in [-0.05, 0) is 60.2 Å². The van der Waals surface area contributed by atoms with Crippen LogP contribution in [0.2, 0.25) is 0 Å². The first-order valence-corrected chi connectivity index (χ1v) is 11.4. The number of carbonyl (C=O) groups excluding carboxylic acids is 1. The molecule has 1 heterocycles. The molecule has 4 aromatic carbocycles. The summed E-state index contributed by atoms with van der Waals surface area (Å²) in [5.74, 6) is 1.82. The lowest BCUT2D eigenvalue weighted by Gasteiger charge is -2.10. The summed E-state index contributed by atoms with van der Waals surface area (Å²) < 4.78 is 16.6. The molecule has 0 unspecified atom stereocenters. The molecule has 7 heteroatoms. The maximum absolute atomic E-state index is 13.1. The number of nitrogens with zero attached hydrogens (tertiary/aromatic N) is 2. The van der Waals surface area contributed by atoms with Crippen molar-refractivity contribution in [3.63, 3.8) is 0 Å². The van der Waals surface area contributed by atoms with Crippen LogP contribution in [-0.4, -0.2) is 23.2 Å². The van der Waals surface area contributed by atoms with Gasteiger partial charge < -0.3 is 19.3 Å². The Morgan fingerprint density at radius 3 is 2.44 bits per heavy atom. The van der Waals surface area contributed by atoms with E-state index in [1.165, 1.54) is 0 Å². The Labute approximate surface area is 208 Å². The van der Waals surface area contributed by atoms with Crippen molar-refractivity contribution in [3.8, 4) is 34.3 Å². The van der Waals surface area contributed by atoms with Crippen LogP contribution in [0.5, 0.6) is 11.5 Å². The molecule has 0 fully saturated rings. The Hall–Kier alpha value is -4.91. The van der Waals surface area contributed by atoms with E-state index in [9.17, 15) is 4.79 Å². The lowest BCUT2D eigenvalue weighted by atomic mass is 10.1. The number of hydrogen-bond acceptors (Lipinski definition) is 6. The van der Waals surface area contributed by atoms with Crippen molar-refractivity contribution >= 4 is 11.6 Å². The fraction of sp³-hybridized carbons (Fsp3) is 0.0690. The molecule has 0 spiro atoms. The standard InChI is InChI=1S/C29H23N3O4/c1-34-23-16-14-21(15-17-23)27-31-29(36-32-27)25-12-5-6-13-26(25)30-28(33)22-10-7-11-24(18-22)35-19-20-8-3-2-4-9-20/h2-18H,19H2,1H3,(H,30,33). The zero-order valence-corrected chi connectivity index (χ0v) is 19.5. The molecule has 0 atom stereocenters. The Kier molecular flexibility index (Phi) is 6.71. The third-order valence-corrected chi connectivity index (χ3v) is 5.52. The summed E-state index contributed by atoms with van der Waals surface area (Å²) >= 11 is 0. The van der Waals surface area contributed by atoms with E-state index in [4.69, 9.17) is 14.0 Å². The summed E-state index contributed by atoms with van der Waals surface area (Å²) in [5.41, 5.74) is 3.49. The first kappa shape index (κ1) is 22.9. The summed E-state index contributed by atoms with van der Waals surface area (Å²) in [6.07, 6.45) is 0. The smallest absolute Gasteiger partial charge is 0.260 e. The summed E-state index contributed by atoms with van der Waals surface area (Å²) in [6.45, 7) is 0.419. The molecule has 0 aliphatic heterocycles. The summed E-state index contributed by atoms with van der Waals surface area (Å²) in [6, 6.07) is 31.6. The molecule has 1 aromatic heterocycles. The van der Waals surface area contributed by atoms with Crippen LogP contribution in [-0.2, 0) is 6.61 Å². The van der Waals surface area contributed by atoms with Crippen molar-refractivity contribution in [3.05, 3.63) is 114 Å². The minimum atomic E-state index is -0.275. The van der Waals surface area contributed by atoms with Gasteiger partial charge in [0.15, 0.2) is 0 Å². The summed E-state index contributed by atoms with van der Waals surface area (Å²) in [5, 5.41) is 7.05. The molecule has 1 N–H and O–H groups in total. The van der Waals surface area contributed by atoms with Gasteiger partial charge in [-0.3, -0.25) is 4.79 Å². The third kappa shape index (κ3) is 5.26. The number of ether oxygens (including phenoxy) is 2. The van der Waals surface area contributed by atoms with Crippen LogP contribution < -0.4 is 14.8 Å². The molecule has 1 amide bonds. The van der Waals surface area contributed by atoms with Crippen LogP contribution in [0.15, 0.2) is 108 Å². The van der Waals surface area contributed by atoms with Crippen LogP contribution in [0.25, 0.3) is 22.8 Å². The monoisotopic (exact) mass is 477 g/mol. The highest BCUT2D eigenvalue weighted by Gasteiger charge is 2.16. The molecule has 0 aliphatic rings. The molecule has 7 nitrogen and oxygen atoms in total. The third-order valence-electron chi connectivity index (χ3n) is 5.52. The number of amides is 1. The molecule has 0 radical (unpaired) electrons. The normalized spacial score (nSPS) is 10.6. The first-order chi connectivity index (χ1) is 17.7. The number of nitrogens with one attached hydrogen (secondary N) is 1. The number of aromatic nitrogens is 2. The van der Waals surface area contributed by atoms with Crippen molar-refractivity contribution in [1.29, 1.82) is 0 Å². The van der Waals surface area contributed by atoms with E-state index in [-0.39, 0.29) is 5.91 Å². The van der Waals surface area contributed by atoms with Gasteiger partial charge in [-0.2, -0.15) is 4.98 Å². The molecular formula is C29H23N3O4. The SMILES string of the molecule is COc1ccc(-c2noc(-c3ccccc3NC(=O)c3cccc(OCc4ccccc4)c3)n2)cc1. The summed E-state index contributed by atoms with van der Waals surface area (Å²) in [4.78, 5) is 17.6. The van der Waals surface area contributed by atoms with Crippen molar-refractivity contribution in [2.24, 2.45) is 0 Å². The highest BCUT2D eigenvalue weighted by molar-refractivity contribution is 6.06. The fourth-order valence-corrected chi connectivity index (χ4v) is 3.63. The van der Waals surface area contributed by atoms with Gasteiger partial charge in [-0.1, -0.05) is 53.7 Å². The van der Waals surface area contributed by atoms with Crippen LogP contribution in [0.3, 0.4) is 0 Å². The molecule has 36 heavy (non-hydrogen) atoms. The van der Waals surface area contributed by atoms with Crippen LogP contribution in [0, 0.1) is 0 Å². The number of anilines is 1. The van der Waals surface area contributed by atoms with E-state index in [0.717, 1.165) is 16.9 Å². The van der Waals surface area contributed by atoms with Crippen LogP contribution >= 0.6 is 0 Å². The minimum absolute atomic E-state index is 0.275. The maximum atomic E-state index is 13.1. The lowest BCUT2D eigenvalue weighted by molar-refractivity contribution is 0.102. The Bertz CT molecular complexity index is 1460. The Morgan fingerprint density at radius 1 is 0.861 bits per heavy atom. The van der Waals surface area contributed by atoms with Gasteiger partial charge in [0.2, 0.25) is 5.82 Å². The molecule has 0 bridgehead atoms. The second-order valence-electron chi connectivity index (χ2n) is 7.95. The molecule has 178 valence electrons. The average molecular weight is 478 g/mol. The minimum Gasteiger partial charge on any atom is -0.497 e. The van der Waals surface area contributed by atoms with E-state index < -0.39 is 0 Å². The van der Waals surface area contributed by atoms with Gasteiger partial charge in [0.25, 0.3) is 11.8 Å². The predicted octanol–water partition coefficient (Wildman–Crippen LogP) is 6.24. The molecule has 0 saturated carbocycles. The van der Waals surface area contributed by atoms with Crippen LogP contribution in [0.1, 0.15) is 15.9 Å². The zero-order valence-electron chi connectivity index (χ0n) is 19.5. The Morgan fingerprint density at radius 2 is 1.64 bits per heavy atom. The van der Waals surface area contributed by atoms with E-state index in [1.807, 2.05) is 78.9 Å². The van der Waals surface area contributed by atoms with Crippen molar-refractivity contribution in [2.45, 2.75) is 6.61 Å². The number of carbonyl (C=O) groups is 1. The van der Waals surface area contributed by atoms with Gasteiger partial charge in [0.05, 0.1) is 18.4 Å². The number of methoxy groups -OCH3 is 1. The van der Waals surface area contributed by atoms with Gasteiger partial charge in [0, 0.05) is 11.1 Å². The molecular weight excluding hydrogens is 454 g/mol. The first-order valence-electron chi connectivity index (χ1n) is 11.4. The highest BCUT2D eigenvalue weighted by atomic mass is 16.5. The zero-order chi connectivity index (χ0) is 24.7. The van der Waals surface area contributed by atoms with E-state index in [1.54, 1.807) is 31.4 Å². The van der Waals surface area contributed by atoms with E-state index >= 15 is 0 Å². The number of benzene rings is 4. The quantitative estimate of drug-likeness (QED) is 0.285. The number of rotatable bonds is 8. The largest absolute Gasteiger partial charge is 0.497 e. The van der Waals surface area contributed by atoms with Crippen molar-refractivity contribution in [2.75, 3.05) is 12.4 Å². The highest BCUT2D eigenvalue weighted by Crippen LogP contribution is 2.29. The average Bonchev–Trinajstić information content (AvgIpc) is 3.43. The lowest BCUT2D eigenvalue weighted by Crippen LogP contribution is -2.12. The van der Waals surface area contributed by atoms with Crippen molar-refractivity contribution < 1.29 is 18.8 Å². The molecule has 0 saturated heterocycles. The van der Waals surface area contributed by atoms with Gasteiger partial charge in [0.1, 0.15) is 18.1 Å². The molecule has 5 aromatic rings. The molecule has 5 rings (SSSR count). The van der Waals surface area contributed by atoms with E-state index in [0.29, 0.717) is 40.9 Å². The summed E-state index contributed by atoms with van der Waals surface area (Å²) in [7, 11) is 1.61. The van der Waals surface area contributed by atoms with Gasteiger partial charge >= 0.3 is 0 Å². The van der Waals surface area contributed by atoms with Crippen molar-refractivity contribution in [1.82, 2.24) is 10.1 Å². The topological polar surface area (TPSA) is 86.5 Å². The van der Waals surface area contributed by atoms with Crippen LogP contribution in [0.4, 0.5) is 5.69 Å². The number of para-hydroxylation sites is 1. The molecule has 0 aliphatic carbocycles. The second kappa shape index (κ2) is 10.6. The van der Waals surface area contributed by atoms with Gasteiger partial charge in [-0.15, -0.1) is 0 Å². The number of hydrogen-bond donors (Lipinski definition) is 1. The van der Waals surface area contributed by atoms with E-state index in [2.05, 4.69) is 15.5 Å².